The van der Waals surface area contributed by atoms with Gasteiger partial charge in [-0.2, -0.15) is 0 Å². The van der Waals surface area contributed by atoms with Crippen LogP contribution in [0, 0.1) is 19.8 Å². The van der Waals surface area contributed by atoms with Gasteiger partial charge in [-0.3, -0.25) is 4.79 Å². The Labute approximate surface area is 144 Å². The van der Waals surface area contributed by atoms with Crippen molar-refractivity contribution < 1.29 is 14.2 Å². The van der Waals surface area contributed by atoms with Gasteiger partial charge in [-0.25, -0.2) is 0 Å². The van der Waals surface area contributed by atoms with Crippen LogP contribution < -0.4 is 4.90 Å². The molecule has 0 radical (unpaired) electrons. The van der Waals surface area contributed by atoms with Gasteiger partial charge in [0, 0.05) is 19.4 Å². The second-order valence-electron chi connectivity index (χ2n) is 7.31. The molecule has 1 aromatic heterocycles. The average Bonchev–Trinajstić information content (AvgIpc) is 3.22. The molecule has 24 heavy (non-hydrogen) atoms. The summed E-state index contributed by atoms with van der Waals surface area (Å²) in [4.78, 5) is 16.8. The van der Waals surface area contributed by atoms with E-state index in [0.29, 0.717) is 22.9 Å². The summed E-state index contributed by atoms with van der Waals surface area (Å²) in [6, 6.07) is 0. The van der Waals surface area contributed by atoms with E-state index in [1.165, 1.54) is 32.4 Å². The van der Waals surface area contributed by atoms with Crippen LogP contribution in [0.25, 0.3) is 0 Å². The molecule has 5 nitrogen and oxygen atoms in total. The molecule has 1 amide bonds. The van der Waals surface area contributed by atoms with Crippen molar-refractivity contribution in [1.82, 2.24) is 10.1 Å². The monoisotopic (exact) mass is 332 g/mol. The predicted octanol–water partition coefficient (Wildman–Crippen LogP) is 1.77. The number of amides is 1. The summed E-state index contributed by atoms with van der Waals surface area (Å²) in [5.41, 5.74) is 1.37. The third-order valence-electron chi connectivity index (χ3n) is 5.44. The largest absolute Gasteiger partial charge is 0.361 e. The highest BCUT2D eigenvalue weighted by atomic mass is 16.5. The quantitative estimate of drug-likeness (QED) is 0.808. The molecule has 0 bridgehead atoms. The van der Waals surface area contributed by atoms with E-state index >= 15 is 0 Å². The zero-order chi connectivity index (χ0) is 16.9. The molecule has 1 fully saturated rings. The van der Waals surface area contributed by atoms with Crippen molar-refractivity contribution in [2.75, 3.05) is 32.7 Å². The summed E-state index contributed by atoms with van der Waals surface area (Å²) < 4.78 is 5.22. The third kappa shape index (κ3) is 4.07. The van der Waals surface area contributed by atoms with Crippen LogP contribution in [0.15, 0.2) is 16.7 Å². The third-order valence-corrected chi connectivity index (χ3v) is 5.44. The normalized spacial score (nSPS) is 21.3. The van der Waals surface area contributed by atoms with Crippen LogP contribution in [-0.2, 0) is 0 Å². The van der Waals surface area contributed by atoms with E-state index in [9.17, 15) is 4.79 Å². The SMILES string of the molecule is Cc1noc(C)c1C(=O)N(CC[NH+]1CCCC1)C[C@H]1CC=CCC1. The van der Waals surface area contributed by atoms with Crippen molar-refractivity contribution in [3.63, 3.8) is 0 Å². The van der Waals surface area contributed by atoms with Gasteiger partial charge < -0.3 is 14.3 Å². The molecule has 1 saturated heterocycles. The van der Waals surface area contributed by atoms with Gasteiger partial charge in [0.1, 0.15) is 11.3 Å². The maximum absolute atomic E-state index is 13.1. The van der Waals surface area contributed by atoms with Gasteiger partial charge in [0.05, 0.1) is 31.9 Å². The van der Waals surface area contributed by atoms with Crippen molar-refractivity contribution in [2.24, 2.45) is 5.92 Å². The summed E-state index contributed by atoms with van der Waals surface area (Å²) >= 11 is 0. The maximum atomic E-state index is 13.1. The summed E-state index contributed by atoms with van der Waals surface area (Å²) in [5, 5.41) is 3.97. The standard InChI is InChI=1S/C19H29N3O2/c1-15-18(16(2)24-20-15)19(23)22(13-12-21-10-6-7-11-21)14-17-8-4-3-5-9-17/h3-4,17H,5-14H2,1-2H3/p+1/t17-/m0/s1. The number of rotatable bonds is 6. The van der Waals surface area contributed by atoms with E-state index in [1.807, 2.05) is 13.8 Å². The lowest BCUT2D eigenvalue weighted by Crippen LogP contribution is -3.10. The van der Waals surface area contributed by atoms with Crippen LogP contribution in [-0.4, -0.2) is 48.7 Å². The number of aryl methyl sites for hydroxylation is 2. The minimum atomic E-state index is 0.0967. The Balaban J connectivity index is 1.69. The summed E-state index contributed by atoms with van der Waals surface area (Å²) in [5.74, 6) is 1.31. The van der Waals surface area contributed by atoms with E-state index in [2.05, 4.69) is 22.2 Å². The van der Waals surface area contributed by atoms with Crippen molar-refractivity contribution in [3.05, 3.63) is 29.2 Å². The number of hydrogen-bond acceptors (Lipinski definition) is 3. The Morgan fingerprint density at radius 3 is 2.75 bits per heavy atom. The number of hydrogen-bond donors (Lipinski definition) is 1. The highest BCUT2D eigenvalue weighted by molar-refractivity contribution is 5.96. The second-order valence-corrected chi connectivity index (χ2v) is 7.31. The van der Waals surface area contributed by atoms with Gasteiger partial charge in [0.25, 0.3) is 5.91 Å². The zero-order valence-electron chi connectivity index (χ0n) is 15.0. The summed E-state index contributed by atoms with van der Waals surface area (Å²) in [7, 11) is 0. The smallest absolute Gasteiger partial charge is 0.259 e. The molecule has 1 aliphatic heterocycles. The minimum Gasteiger partial charge on any atom is -0.361 e. The fourth-order valence-corrected chi connectivity index (χ4v) is 3.97. The van der Waals surface area contributed by atoms with Gasteiger partial charge in [-0.1, -0.05) is 17.3 Å². The van der Waals surface area contributed by atoms with Crippen LogP contribution in [0.3, 0.4) is 0 Å². The van der Waals surface area contributed by atoms with E-state index in [1.54, 1.807) is 4.90 Å². The molecule has 0 unspecified atom stereocenters. The number of carbonyl (C=O) groups excluding carboxylic acids is 1. The Hall–Kier alpha value is -1.62. The first-order valence-corrected chi connectivity index (χ1v) is 9.36. The van der Waals surface area contributed by atoms with E-state index in [0.717, 1.165) is 32.5 Å². The minimum absolute atomic E-state index is 0.0967. The molecule has 0 saturated carbocycles. The summed E-state index contributed by atoms with van der Waals surface area (Å²) in [6.07, 6.45) is 10.6. The molecule has 0 spiro atoms. The number of likely N-dealkylation sites (tertiary alicyclic amines) is 1. The van der Waals surface area contributed by atoms with Crippen molar-refractivity contribution >= 4 is 5.91 Å². The van der Waals surface area contributed by atoms with Crippen LogP contribution in [0.5, 0.6) is 0 Å². The molecule has 2 heterocycles. The number of nitrogens with one attached hydrogen (secondary N) is 1. The molecule has 1 aliphatic carbocycles. The molecular formula is C19H30N3O2+. The van der Waals surface area contributed by atoms with Gasteiger partial charge in [-0.15, -0.1) is 0 Å². The number of quaternary nitrogens is 1. The lowest BCUT2D eigenvalue weighted by atomic mass is 9.93. The van der Waals surface area contributed by atoms with Crippen LogP contribution in [0.4, 0.5) is 0 Å². The van der Waals surface area contributed by atoms with Crippen LogP contribution in [0.1, 0.15) is 53.9 Å². The number of carbonyl (C=O) groups is 1. The first kappa shape index (κ1) is 17.2. The lowest BCUT2D eigenvalue weighted by molar-refractivity contribution is -0.886. The van der Waals surface area contributed by atoms with E-state index < -0.39 is 0 Å². The Bertz CT molecular complexity index is 568. The predicted molar refractivity (Wildman–Crippen MR) is 93.2 cm³/mol. The zero-order valence-corrected chi connectivity index (χ0v) is 15.0. The van der Waals surface area contributed by atoms with Crippen LogP contribution >= 0.6 is 0 Å². The first-order chi connectivity index (χ1) is 11.6. The highest BCUT2D eigenvalue weighted by Gasteiger charge is 2.27. The average molecular weight is 332 g/mol. The number of aromatic nitrogens is 1. The van der Waals surface area contributed by atoms with Crippen molar-refractivity contribution in [1.29, 1.82) is 0 Å². The first-order valence-electron chi connectivity index (χ1n) is 9.36. The van der Waals surface area contributed by atoms with E-state index in [-0.39, 0.29) is 5.91 Å². The topological polar surface area (TPSA) is 50.8 Å². The van der Waals surface area contributed by atoms with Crippen molar-refractivity contribution in [2.45, 2.75) is 46.0 Å². The maximum Gasteiger partial charge on any atom is 0.259 e. The van der Waals surface area contributed by atoms with Crippen LogP contribution in [0.2, 0.25) is 0 Å². The molecule has 1 aromatic rings. The number of nitrogens with zero attached hydrogens (tertiary/aromatic N) is 2. The Morgan fingerprint density at radius 2 is 2.12 bits per heavy atom. The second kappa shape index (κ2) is 7.97. The van der Waals surface area contributed by atoms with Gasteiger partial charge in [0.15, 0.2) is 0 Å². The number of allylic oxidation sites excluding steroid dienone is 2. The van der Waals surface area contributed by atoms with Crippen molar-refractivity contribution in [3.8, 4) is 0 Å². The van der Waals surface area contributed by atoms with Gasteiger partial charge in [-0.05, 0) is 39.0 Å². The fourth-order valence-electron chi connectivity index (χ4n) is 3.97. The van der Waals surface area contributed by atoms with Gasteiger partial charge >= 0.3 is 0 Å². The molecule has 132 valence electrons. The Kier molecular flexibility index (Phi) is 5.72. The lowest BCUT2D eigenvalue weighted by Gasteiger charge is -2.29. The highest BCUT2D eigenvalue weighted by Crippen LogP contribution is 2.21. The van der Waals surface area contributed by atoms with Gasteiger partial charge in [0.2, 0.25) is 0 Å². The molecule has 5 heteroatoms. The molecule has 2 aliphatic rings. The van der Waals surface area contributed by atoms with E-state index in [4.69, 9.17) is 4.52 Å². The summed E-state index contributed by atoms with van der Waals surface area (Å²) in [6.45, 7) is 8.92. The Morgan fingerprint density at radius 1 is 1.33 bits per heavy atom. The molecule has 1 atom stereocenters. The fraction of sp³-hybridized carbons (Fsp3) is 0.684. The molecule has 3 rings (SSSR count). The molecular weight excluding hydrogens is 302 g/mol. The molecule has 0 aromatic carbocycles. The molecule has 1 N–H and O–H groups in total.